The molecule has 0 aromatic carbocycles. The highest BCUT2D eigenvalue weighted by atomic mass is 16.5. The van der Waals surface area contributed by atoms with E-state index >= 15 is 0 Å². The molecule has 2 rings (SSSR count). The third-order valence-corrected chi connectivity index (χ3v) is 2.46. The number of anilines is 1. The summed E-state index contributed by atoms with van der Waals surface area (Å²) in [5.41, 5.74) is 3.10. The Morgan fingerprint density at radius 1 is 1.42 bits per heavy atom. The Morgan fingerprint density at radius 2 is 2.16 bits per heavy atom. The maximum Gasteiger partial charge on any atom is 0.333 e. The number of rotatable bonds is 4. The van der Waals surface area contributed by atoms with Crippen LogP contribution >= 0.6 is 0 Å². The highest BCUT2D eigenvalue weighted by molar-refractivity contribution is 5.88. The zero-order valence-corrected chi connectivity index (χ0v) is 10.2. The Balaban J connectivity index is 1.81. The number of amides is 2. The van der Waals surface area contributed by atoms with Crippen molar-refractivity contribution in [3.8, 4) is 0 Å². The first-order valence-electron chi connectivity index (χ1n) is 5.78. The second-order valence-electron chi connectivity index (χ2n) is 3.99. The molecule has 3 N–H and O–H groups in total. The highest BCUT2D eigenvalue weighted by Gasteiger charge is 2.13. The molecule has 1 fully saturated rings. The van der Waals surface area contributed by atoms with Crippen LogP contribution in [0.5, 0.6) is 0 Å². The van der Waals surface area contributed by atoms with Gasteiger partial charge in [0.2, 0.25) is 0 Å². The third kappa shape index (κ3) is 4.23. The molecule has 1 aromatic heterocycles. The lowest BCUT2D eigenvalue weighted by Crippen LogP contribution is -2.49. The Hall–Kier alpha value is -2.13. The molecule has 0 spiro atoms. The predicted molar refractivity (Wildman–Crippen MR) is 64.4 cm³/mol. The first-order chi connectivity index (χ1) is 9.13. The zero-order chi connectivity index (χ0) is 13.7. The number of carbonyl (C=O) groups excluding carboxylic acids is 1. The molecule has 104 valence electrons. The van der Waals surface area contributed by atoms with Crippen LogP contribution in [0.4, 0.5) is 10.5 Å². The van der Waals surface area contributed by atoms with Crippen molar-refractivity contribution in [2.24, 2.45) is 0 Å². The minimum atomic E-state index is -0.993. The molecule has 0 bridgehead atoms. The predicted octanol–water partition coefficient (Wildman–Crippen LogP) is -0.664. The first kappa shape index (κ1) is 13.3. The second-order valence-corrected chi connectivity index (χ2v) is 3.99. The quantitative estimate of drug-likeness (QED) is 0.669. The van der Waals surface area contributed by atoms with Crippen LogP contribution in [0, 0.1) is 0 Å². The van der Waals surface area contributed by atoms with Crippen molar-refractivity contribution < 1.29 is 19.4 Å². The van der Waals surface area contributed by atoms with Gasteiger partial charge in [0.05, 0.1) is 25.1 Å². The summed E-state index contributed by atoms with van der Waals surface area (Å²) in [6.07, 6.45) is 2.84. The normalized spacial score (nSPS) is 16.0. The minimum absolute atomic E-state index is 0.243. The number of hydrogen-bond donors (Lipinski definition) is 3. The molecule has 1 aromatic rings. The number of morpholine rings is 1. The van der Waals surface area contributed by atoms with Crippen LogP contribution in [-0.4, -0.2) is 58.2 Å². The smallest absolute Gasteiger partial charge is 0.333 e. The van der Waals surface area contributed by atoms with E-state index in [0.717, 1.165) is 0 Å². The lowest BCUT2D eigenvalue weighted by atomic mass is 10.5. The Labute approximate surface area is 109 Å². The van der Waals surface area contributed by atoms with Crippen LogP contribution < -0.4 is 10.7 Å². The number of nitrogens with zero attached hydrogens (tertiary/aromatic N) is 3. The number of aromatic nitrogens is 2. The molecule has 9 heteroatoms. The molecule has 1 saturated heterocycles. The molecule has 0 saturated carbocycles. The fraction of sp³-hybridized carbons (Fsp3) is 0.500. The molecule has 0 radical (unpaired) electrons. The molecule has 19 heavy (non-hydrogen) atoms. The maximum atomic E-state index is 11.7. The third-order valence-electron chi connectivity index (χ3n) is 2.46. The number of urea groups is 1. The molecular formula is C10H15N5O4. The van der Waals surface area contributed by atoms with Crippen LogP contribution in [0.25, 0.3) is 0 Å². The summed E-state index contributed by atoms with van der Waals surface area (Å²) >= 11 is 0. The van der Waals surface area contributed by atoms with Gasteiger partial charge in [0.25, 0.3) is 0 Å². The van der Waals surface area contributed by atoms with Crippen molar-refractivity contribution in [2.45, 2.75) is 6.54 Å². The van der Waals surface area contributed by atoms with Gasteiger partial charge in [-0.3, -0.25) is 14.9 Å². The number of aliphatic carboxylic acids is 1. The van der Waals surface area contributed by atoms with E-state index in [1.165, 1.54) is 17.1 Å². The van der Waals surface area contributed by atoms with E-state index in [1.807, 2.05) is 0 Å². The SMILES string of the molecule is O=C(O)Cn1cc(NC(=O)NN2CCOCC2)cn1. The van der Waals surface area contributed by atoms with Crippen molar-refractivity contribution >= 4 is 17.7 Å². The monoisotopic (exact) mass is 269 g/mol. The summed E-state index contributed by atoms with van der Waals surface area (Å²) in [4.78, 5) is 22.1. The molecule has 1 aliphatic rings. The van der Waals surface area contributed by atoms with E-state index in [2.05, 4.69) is 15.8 Å². The molecular weight excluding hydrogens is 254 g/mol. The summed E-state index contributed by atoms with van der Waals surface area (Å²) in [7, 11) is 0. The number of carbonyl (C=O) groups is 2. The number of hydrogen-bond acceptors (Lipinski definition) is 5. The van der Waals surface area contributed by atoms with Crippen molar-refractivity contribution in [2.75, 3.05) is 31.6 Å². The van der Waals surface area contributed by atoms with Crippen molar-refractivity contribution in [3.63, 3.8) is 0 Å². The molecule has 2 amide bonds. The fourth-order valence-corrected chi connectivity index (χ4v) is 1.63. The fourth-order valence-electron chi connectivity index (χ4n) is 1.63. The average Bonchev–Trinajstić information content (AvgIpc) is 2.76. The maximum absolute atomic E-state index is 11.7. The Kier molecular flexibility index (Phi) is 4.31. The summed E-state index contributed by atoms with van der Waals surface area (Å²) in [5.74, 6) is -0.993. The Bertz CT molecular complexity index is 455. The molecule has 9 nitrogen and oxygen atoms in total. The average molecular weight is 269 g/mol. The second kappa shape index (κ2) is 6.16. The number of nitrogens with one attached hydrogen (secondary N) is 2. The summed E-state index contributed by atoms with van der Waals surface area (Å²) in [6.45, 7) is 2.18. The van der Waals surface area contributed by atoms with Gasteiger partial charge in [-0.15, -0.1) is 0 Å². The van der Waals surface area contributed by atoms with Gasteiger partial charge in [0.15, 0.2) is 0 Å². The van der Waals surface area contributed by atoms with Crippen molar-refractivity contribution in [1.29, 1.82) is 0 Å². The van der Waals surface area contributed by atoms with Gasteiger partial charge in [-0.25, -0.2) is 9.80 Å². The lowest BCUT2D eigenvalue weighted by Gasteiger charge is -2.26. The summed E-state index contributed by atoms with van der Waals surface area (Å²) in [5, 5.41) is 16.7. The molecule has 1 aliphatic heterocycles. The number of ether oxygens (including phenoxy) is 1. The van der Waals surface area contributed by atoms with Gasteiger partial charge in [0, 0.05) is 19.3 Å². The van der Waals surface area contributed by atoms with Gasteiger partial charge < -0.3 is 15.2 Å². The highest BCUT2D eigenvalue weighted by Crippen LogP contribution is 2.04. The van der Waals surface area contributed by atoms with Crippen molar-refractivity contribution in [1.82, 2.24) is 20.2 Å². The van der Waals surface area contributed by atoms with Crippen molar-refractivity contribution in [3.05, 3.63) is 12.4 Å². The van der Waals surface area contributed by atoms with Gasteiger partial charge in [-0.05, 0) is 0 Å². The summed E-state index contributed by atoms with van der Waals surface area (Å²) in [6, 6.07) is -0.392. The van der Waals surface area contributed by atoms with Crippen LogP contribution in [-0.2, 0) is 16.1 Å². The largest absolute Gasteiger partial charge is 0.480 e. The van der Waals surface area contributed by atoms with E-state index in [-0.39, 0.29) is 6.54 Å². The number of carboxylic acids is 1. The molecule has 0 unspecified atom stereocenters. The molecule has 2 heterocycles. The standard InChI is InChI=1S/C10H15N5O4/c16-9(17)7-15-6-8(5-11-15)12-10(18)13-14-1-3-19-4-2-14/h5-6H,1-4,7H2,(H,16,17)(H2,12,13,18). The van der Waals surface area contributed by atoms with Crippen LogP contribution in [0.2, 0.25) is 0 Å². The minimum Gasteiger partial charge on any atom is -0.480 e. The Morgan fingerprint density at radius 3 is 2.84 bits per heavy atom. The van der Waals surface area contributed by atoms with Gasteiger partial charge in [-0.1, -0.05) is 0 Å². The van der Waals surface area contributed by atoms with Gasteiger partial charge >= 0.3 is 12.0 Å². The van der Waals surface area contributed by atoms with E-state index in [0.29, 0.717) is 32.0 Å². The number of hydrazine groups is 1. The molecule has 0 atom stereocenters. The first-order valence-corrected chi connectivity index (χ1v) is 5.78. The van der Waals surface area contributed by atoms with Gasteiger partial charge in [-0.2, -0.15) is 5.10 Å². The van der Waals surface area contributed by atoms with Crippen LogP contribution in [0.1, 0.15) is 0 Å². The van der Waals surface area contributed by atoms with Crippen LogP contribution in [0.3, 0.4) is 0 Å². The summed E-state index contributed by atoms with van der Waals surface area (Å²) < 4.78 is 6.39. The number of carboxylic acid groups (broad SMARTS) is 1. The van der Waals surface area contributed by atoms with E-state index in [4.69, 9.17) is 9.84 Å². The van der Waals surface area contributed by atoms with E-state index in [9.17, 15) is 9.59 Å². The molecule has 0 aliphatic carbocycles. The van der Waals surface area contributed by atoms with Crippen LogP contribution in [0.15, 0.2) is 12.4 Å². The zero-order valence-electron chi connectivity index (χ0n) is 10.2. The van der Waals surface area contributed by atoms with E-state index in [1.54, 1.807) is 5.01 Å². The lowest BCUT2D eigenvalue weighted by molar-refractivity contribution is -0.137. The van der Waals surface area contributed by atoms with E-state index < -0.39 is 12.0 Å². The van der Waals surface area contributed by atoms with Gasteiger partial charge in [0.1, 0.15) is 6.54 Å². The topological polar surface area (TPSA) is 109 Å².